The number of nitrogens with zero attached hydrogens (tertiary/aromatic N) is 5. The van der Waals surface area contributed by atoms with Crippen LogP contribution in [0.2, 0.25) is 0 Å². The largest absolute Gasteiger partial charge is 0.351 e. The average molecular weight is 429 g/mol. The summed E-state index contributed by atoms with van der Waals surface area (Å²) in [7, 11) is -3.17. The number of nitrogens with one attached hydrogen (secondary N) is 1. The summed E-state index contributed by atoms with van der Waals surface area (Å²) in [4.78, 5) is 22.1. The highest BCUT2D eigenvalue weighted by atomic mass is 32.2. The Morgan fingerprint density at radius 1 is 1.30 bits per heavy atom. The molecular weight excluding hydrogens is 404 g/mol. The van der Waals surface area contributed by atoms with Crippen LogP contribution in [0.1, 0.15) is 38.2 Å². The number of rotatable bonds is 4. The molecule has 9 nitrogen and oxygen atoms in total. The zero-order chi connectivity index (χ0) is 21.3. The van der Waals surface area contributed by atoms with Crippen molar-refractivity contribution in [2.24, 2.45) is 11.8 Å². The van der Waals surface area contributed by atoms with E-state index in [0.29, 0.717) is 54.7 Å². The van der Waals surface area contributed by atoms with Gasteiger partial charge in [-0.25, -0.2) is 17.7 Å². The number of sulfonamides is 1. The lowest BCUT2D eigenvalue weighted by Crippen LogP contribution is -2.69. The molecule has 0 radical (unpaired) electrons. The van der Waals surface area contributed by atoms with Gasteiger partial charge >= 0.3 is 0 Å². The molecule has 3 saturated carbocycles. The van der Waals surface area contributed by atoms with Crippen molar-refractivity contribution in [3.05, 3.63) is 28.2 Å². The van der Waals surface area contributed by atoms with Gasteiger partial charge < -0.3 is 5.32 Å². The second kappa shape index (κ2) is 6.49. The molecule has 2 aromatic rings. The fourth-order valence-corrected chi connectivity index (χ4v) is 6.13. The summed E-state index contributed by atoms with van der Waals surface area (Å²) < 4.78 is 26.6. The first-order valence-electron chi connectivity index (χ1n) is 10.3. The summed E-state index contributed by atoms with van der Waals surface area (Å²) in [6.07, 6.45) is 6.12. The van der Waals surface area contributed by atoms with Gasteiger partial charge in [-0.15, -0.1) is 0 Å². The number of hydrogen-bond acceptors (Lipinski definition) is 7. The topological polar surface area (TPSA) is 121 Å². The van der Waals surface area contributed by atoms with Crippen LogP contribution in [-0.2, 0) is 15.6 Å². The molecule has 30 heavy (non-hydrogen) atoms. The molecule has 4 fully saturated rings. The van der Waals surface area contributed by atoms with Crippen LogP contribution in [-0.4, -0.2) is 52.6 Å². The van der Waals surface area contributed by atoms with Crippen LogP contribution in [0.15, 0.2) is 17.1 Å². The Kier molecular flexibility index (Phi) is 4.21. The van der Waals surface area contributed by atoms with Gasteiger partial charge in [0, 0.05) is 30.7 Å². The molecule has 1 aliphatic heterocycles. The number of piperidine rings is 1. The van der Waals surface area contributed by atoms with E-state index in [9.17, 15) is 18.5 Å². The fourth-order valence-electron chi connectivity index (χ4n) is 5.25. The Labute approximate surface area is 174 Å². The van der Waals surface area contributed by atoms with Crippen molar-refractivity contribution >= 4 is 27.0 Å². The summed E-state index contributed by atoms with van der Waals surface area (Å²) in [6.45, 7) is 3.08. The van der Waals surface area contributed by atoms with Crippen LogP contribution in [0.3, 0.4) is 0 Å². The lowest BCUT2D eigenvalue weighted by atomic mass is 9.42. The molecule has 0 aromatic carbocycles. The van der Waals surface area contributed by atoms with Crippen LogP contribution >= 0.6 is 0 Å². The fraction of sp³-hybridized carbons (Fsp3) is 0.600. The van der Waals surface area contributed by atoms with Crippen LogP contribution in [0.5, 0.6) is 0 Å². The van der Waals surface area contributed by atoms with E-state index in [1.165, 1.54) is 10.6 Å². The number of anilines is 1. The van der Waals surface area contributed by atoms with Gasteiger partial charge in [0.15, 0.2) is 0 Å². The highest BCUT2D eigenvalue weighted by Gasteiger charge is 2.65. The van der Waals surface area contributed by atoms with Gasteiger partial charge in [0.1, 0.15) is 17.3 Å². The predicted molar refractivity (Wildman–Crippen MR) is 111 cm³/mol. The third kappa shape index (κ3) is 2.76. The predicted octanol–water partition coefficient (Wildman–Crippen LogP) is 1.25. The first-order valence-corrected chi connectivity index (χ1v) is 12.1. The van der Waals surface area contributed by atoms with E-state index in [2.05, 4.69) is 22.2 Å². The molecule has 1 N–H and O–H groups in total. The first-order chi connectivity index (χ1) is 14.2. The zero-order valence-corrected chi connectivity index (χ0v) is 17.8. The van der Waals surface area contributed by atoms with Gasteiger partial charge in [0.05, 0.1) is 11.8 Å². The van der Waals surface area contributed by atoms with Gasteiger partial charge in [-0.05, 0) is 43.6 Å². The number of aromatic nitrogens is 3. The van der Waals surface area contributed by atoms with Crippen molar-refractivity contribution in [2.45, 2.75) is 44.2 Å². The number of fused-ring (bicyclic) bond motifs is 1. The molecule has 2 aromatic heterocycles. The lowest BCUT2D eigenvalue weighted by molar-refractivity contribution is -0.162. The van der Waals surface area contributed by atoms with E-state index in [1.54, 1.807) is 16.8 Å². The molecule has 1 saturated heterocycles. The maximum Gasteiger partial charge on any atom is 0.270 e. The van der Waals surface area contributed by atoms with Crippen molar-refractivity contribution in [3.8, 4) is 6.07 Å². The Balaban J connectivity index is 1.48. The second-order valence-corrected chi connectivity index (χ2v) is 10.9. The summed E-state index contributed by atoms with van der Waals surface area (Å²) in [6, 6.07) is 3.65. The number of hydrogen-bond donors (Lipinski definition) is 1. The third-order valence-corrected chi connectivity index (χ3v) is 8.65. The lowest BCUT2D eigenvalue weighted by Gasteiger charge is -2.67. The van der Waals surface area contributed by atoms with E-state index in [-0.39, 0.29) is 22.7 Å². The van der Waals surface area contributed by atoms with Crippen molar-refractivity contribution in [1.82, 2.24) is 18.8 Å². The Hall–Kier alpha value is -2.51. The molecule has 10 heteroatoms. The van der Waals surface area contributed by atoms with Crippen LogP contribution < -0.4 is 10.9 Å². The zero-order valence-electron chi connectivity index (χ0n) is 17.0. The first kappa shape index (κ1) is 19.5. The molecule has 3 aliphatic carbocycles. The normalized spacial score (nSPS) is 29.1. The van der Waals surface area contributed by atoms with E-state index < -0.39 is 10.0 Å². The monoisotopic (exact) mass is 428 g/mol. The van der Waals surface area contributed by atoms with Gasteiger partial charge in [0.25, 0.3) is 5.56 Å². The minimum absolute atomic E-state index is 0.0628. The van der Waals surface area contributed by atoms with Gasteiger partial charge in [-0.1, -0.05) is 6.92 Å². The van der Waals surface area contributed by atoms with Gasteiger partial charge in [-0.3, -0.25) is 9.36 Å². The quantitative estimate of drug-likeness (QED) is 0.778. The van der Waals surface area contributed by atoms with Crippen molar-refractivity contribution in [3.63, 3.8) is 0 Å². The average Bonchev–Trinajstić information content (AvgIpc) is 2.68. The van der Waals surface area contributed by atoms with Gasteiger partial charge in [-0.2, -0.15) is 10.2 Å². The molecule has 0 spiro atoms. The smallest absolute Gasteiger partial charge is 0.270 e. The minimum Gasteiger partial charge on any atom is -0.351 e. The molecule has 0 unspecified atom stereocenters. The SMILES string of the molecule is C[C@@H]1C2CC1(n1c(=O)c(C#N)cc3cnc(NC4CCN(S(C)(=O)=O)CC4)nc31)C2. The maximum atomic E-state index is 13.1. The summed E-state index contributed by atoms with van der Waals surface area (Å²) in [5, 5.41) is 13.4. The Morgan fingerprint density at radius 2 is 2.00 bits per heavy atom. The third-order valence-electron chi connectivity index (χ3n) is 7.35. The van der Waals surface area contributed by atoms with E-state index in [4.69, 9.17) is 0 Å². The van der Waals surface area contributed by atoms with E-state index in [1.807, 2.05) is 6.07 Å². The van der Waals surface area contributed by atoms with Crippen molar-refractivity contribution in [1.29, 1.82) is 5.26 Å². The van der Waals surface area contributed by atoms with Crippen LogP contribution in [0.4, 0.5) is 5.95 Å². The standard InChI is InChI=1S/C20H24N6O3S/c1-12-15-8-20(12,9-15)26-17-14(7-13(10-21)18(26)27)11-22-19(24-17)23-16-3-5-25(6-4-16)30(2,28)29/h7,11-12,15-16H,3-6,8-9H2,1-2H3,(H,22,23,24)/t12-,15?,20?/m1/s1. The highest BCUT2D eigenvalue weighted by molar-refractivity contribution is 7.88. The number of pyridine rings is 1. The molecule has 2 bridgehead atoms. The summed E-state index contributed by atoms with van der Waals surface area (Å²) in [5.41, 5.74) is 0.173. The second-order valence-electron chi connectivity index (χ2n) is 8.92. The van der Waals surface area contributed by atoms with Crippen molar-refractivity contribution in [2.75, 3.05) is 24.7 Å². The molecule has 158 valence electrons. The minimum atomic E-state index is -3.17. The molecule has 6 rings (SSSR count). The van der Waals surface area contributed by atoms with E-state index >= 15 is 0 Å². The molecule has 1 atom stereocenters. The highest BCUT2D eigenvalue weighted by Crippen LogP contribution is 2.66. The number of nitriles is 1. The molecule has 4 aliphatic rings. The van der Waals surface area contributed by atoms with Gasteiger partial charge in [0.2, 0.25) is 16.0 Å². The van der Waals surface area contributed by atoms with E-state index in [0.717, 1.165) is 12.8 Å². The summed E-state index contributed by atoms with van der Waals surface area (Å²) in [5.74, 6) is 1.48. The van der Waals surface area contributed by atoms with Crippen LogP contribution in [0, 0.1) is 23.2 Å². The van der Waals surface area contributed by atoms with Crippen molar-refractivity contribution < 1.29 is 8.42 Å². The molecule has 3 heterocycles. The maximum absolute atomic E-state index is 13.1. The Bertz CT molecular complexity index is 1230. The van der Waals surface area contributed by atoms with Crippen LogP contribution in [0.25, 0.3) is 11.0 Å². The molecule has 0 amide bonds. The molecular formula is C20H24N6O3S. The Morgan fingerprint density at radius 3 is 2.53 bits per heavy atom. The summed E-state index contributed by atoms with van der Waals surface area (Å²) >= 11 is 0.